The number of hydrogen-bond donors (Lipinski definition) is 2. The van der Waals surface area contributed by atoms with Crippen molar-refractivity contribution in [3.8, 4) is 0 Å². The number of aliphatic carboxylic acids is 1. The summed E-state index contributed by atoms with van der Waals surface area (Å²) in [6.45, 7) is 0. The summed E-state index contributed by atoms with van der Waals surface area (Å²) < 4.78 is 14.4. The zero-order chi connectivity index (χ0) is 19.6. The van der Waals surface area contributed by atoms with Crippen LogP contribution in [0.2, 0.25) is 0 Å². The second-order valence-corrected chi connectivity index (χ2v) is 9.65. The van der Waals surface area contributed by atoms with Gasteiger partial charge in [-0.2, -0.15) is 0 Å². The van der Waals surface area contributed by atoms with E-state index >= 15 is 0 Å². The second-order valence-electron chi connectivity index (χ2n) is 7.14. The van der Waals surface area contributed by atoms with E-state index in [0.717, 1.165) is 16.2 Å². The van der Waals surface area contributed by atoms with Gasteiger partial charge in [-0.15, -0.1) is 0 Å². The molecule has 0 aliphatic heterocycles. The molecule has 2 N–H and O–H groups in total. The fourth-order valence-electron chi connectivity index (χ4n) is 3.71. The number of carbonyl (C=O) groups is 1. The van der Waals surface area contributed by atoms with Crippen molar-refractivity contribution in [1.82, 2.24) is 5.09 Å². The molecule has 1 saturated carbocycles. The highest BCUT2D eigenvalue weighted by Crippen LogP contribution is 2.52. The van der Waals surface area contributed by atoms with Crippen LogP contribution in [0.5, 0.6) is 0 Å². The van der Waals surface area contributed by atoms with Crippen molar-refractivity contribution < 1.29 is 14.5 Å². The SMILES string of the molecule is O=C(O)[C@H]1C[C@H]1[C@H](NP(=O)(c1ccccc1)c1ccccc1)c1ccccc1. The molecular weight excluding hydrogens is 369 g/mol. The molecule has 0 spiro atoms. The summed E-state index contributed by atoms with van der Waals surface area (Å²) in [4.78, 5) is 11.5. The first-order valence-corrected chi connectivity index (χ1v) is 11.1. The van der Waals surface area contributed by atoms with E-state index in [4.69, 9.17) is 0 Å². The average molecular weight is 391 g/mol. The molecule has 1 fully saturated rings. The summed E-state index contributed by atoms with van der Waals surface area (Å²) in [6.07, 6.45) is 0.589. The molecule has 28 heavy (non-hydrogen) atoms. The molecule has 3 aromatic carbocycles. The Bertz CT molecular complexity index is 949. The third-order valence-electron chi connectivity index (χ3n) is 5.30. The molecule has 0 amide bonds. The van der Waals surface area contributed by atoms with Crippen LogP contribution in [-0.2, 0) is 9.36 Å². The van der Waals surface area contributed by atoms with Gasteiger partial charge in [-0.05, 0) is 42.2 Å². The van der Waals surface area contributed by atoms with E-state index in [1.165, 1.54) is 0 Å². The van der Waals surface area contributed by atoms with Gasteiger partial charge in [0.1, 0.15) is 0 Å². The van der Waals surface area contributed by atoms with Crippen molar-refractivity contribution in [3.05, 3.63) is 96.6 Å². The maximum Gasteiger partial charge on any atom is 0.306 e. The lowest BCUT2D eigenvalue weighted by molar-refractivity contribution is -0.138. The average Bonchev–Trinajstić information content (AvgIpc) is 3.55. The topological polar surface area (TPSA) is 66.4 Å². The van der Waals surface area contributed by atoms with E-state index in [2.05, 4.69) is 5.09 Å². The van der Waals surface area contributed by atoms with Crippen LogP contribution in [-0.4, -0.2) is 11.1 Å². The molecule has 5 heteroatoms. The fourth-order valence-corrected chi connectivity index (χ4v) is 6.23. The first-order chi connectivity index (χ1) is 13.6. The van der Waals surface area contributed by atoms with E-state index in [-0.39, 0.29) is 12.0 Å². The number of benzene rings is 3. The molecule has 0 bridgehead atoms. The lowest BCUT2D eigenvalue weighted by atomic mass is 10.0. The third kappa shape index (κ3) is 3.66. The zero-order valence-electron chi connectivity index (χ0n) is 15.3. The Morgan fingerprint density at radius 1 is 0.857 bits per heavy atom. The Balaban J connectivity index is 1.77. The highest BCUT2D eigenvalue weighted by molar-refractivity contribution is 7.76. The predicted octanol–water partition coefficient (Wildman–Crippen LogP) is 3.97. The van der Waals surface area contributed by atoms with Gasteiger partial charge in [-0.25, -0.2) is 0 Å². The van der Waals surface area contributed by atoms with Gasteiger partial charge in [0.05, 0.1) is 5.92 Å². The van der Waals surface area contributed by atoms with Crippen LogP contribution >= 0.6 is 7.29 Å². The highest BCUT2D eigenvalue weighted by Gasteiger charge is 2.50. The second kappa shape index (κ2) is 7.75. The van der Waals surface area contributed by atoms with Gasteiger partial charge in [-0.1, -0.05) is 66.7 Å². The van der Waals surface area contributed by atoms with Crippen molar-refractivity contribution >= 4 is 23.9 Å². The van der Waals surface area contributed by atoms with E-state index in [9.17, 15) is 14.5 Å². The number of carboxylic acid groups (broad SMARTS) is 1. The molecule has 1 aliphatic carbocycles. The van der Waals surface area contributed by atoms with E-state index in [1.54, 1.807) is 0 Å². The monoisotopic (exact) mass is 391 g/mol. The van der Waals surface area contributed by atoms with Crippen molar-refractivity contribution in [3.63, 3.8) is 0 Å². The Morgan fingerprint density at radius 2 is 1.32 bits per heavy atom. The number of rotatable bonds is 7. The first-order valence-electron chi connectivity index (χ1n) is 9.36. The van der Waals surface area contributed by atoms with Gasteiger partial charge < -0.3 is 5.11 Å². The van der Waals surface area contributed by atoms with Gasteiger partial charge >= 0.3 is 5.97 Å². The minimum absolute atomic E-state index is 0.0827. The van der Waals surface area contributed by atoms with E-state index in [1.807, 2.05) is 91.0 Å². The van der Waals surface area contributed by atoms with Crippen LogP contribution in [0.1, 0.15) is 18.0 Å². The maximum atomic E-state index is 14.4. The molecule has 0 radical (unpaired) electrons. The van der Waals surface area contributed by atoms with E-state index in [0.29, 0.717) is 6.42 Å². The van der Waals surface area contributed by atoms with Crippen LogP contribution in [0, 0.1) is 11.8 Å². The number of hydrogen-bond acceptors (Lipinski definition) is 2. The number of nitrogens with one attached hydrogen (secondary N) is 1. The normalized spacial score (nSPS) is 19.7. The molecule has 0 aromatic heterocycles. The molecule has 3 atom stereocenters. The first kappa shape index (κ1) is 18.7. The zero-order valence-corrected chi connectivity index (χ0v) is 16.2. The summed E-state index contributed by atoms with van der Waals surface area (Å²) in [5, 5.41) is 14.3. The van der Waals surface area contributed by atoms with Crippen LogP contribution in [0.25, 0.3) is 0 Å². The smallest absolute Gasteiger partial charge is 0.306 e. The maximum absolute atomic E-state index is 14.4. The Labute approximate surface area is 164 Å². The molecule has 0 unspecified atom stereocenters. The molecule has 3 aromatic rings. The lowest BCUT2D eigenvalue weighted by Gasteiger charge is -2.27. The molecule has 4 nitrogen and oxygen atoms in total. The standard InChI is InChI=1S/C23H22NO3P/c25-23(26)21-16-20(21)22(17-10-4-1-5-11-17)24-28(27,18-12-6-2-7-13-18)19-14-8-3-9-15-19/h1-15,20-22H,16H2,(H,24,27)(H,25,26)/t20-,21+,22-/m1/s1. The third-order valence-corrected chi connectivity index (χ3v) is 8.00. The van der Waals surface area contributed by atoms with Gasteiger partial charge in [0.25, 0.3) is 0 Å². The largest absolute Gasteiger partial charge is 0.481 e. The van der Waals surface area contributed by atoms with Crippen LogP contribution < -0.4 is 15.7 Å². The summed E-state index contributed by atoms with van der Waals surface area (Å²) >= 11 is 0. The molecule has 1 aliphatic rings. The summed E-state index contributed by atoms with van der Waals surface area (Å²) in [7, 11) is -3.16. The summed E-state index contributed by atoms with van der Waals surface area (Å²) in [5.74, 6) is -1.28. The molecule has 0 saturated heterocycles. The Morgan fingerprint density at radius 3 is 1.75 bits per heavy atom. The van der Waals surface area contributed by atoms with Crippen LogP contribution in [0.15, 0.2) is 91.0 Å². The quantitative estimate of drug-likeness (QED) is 0.598. The van der Waals surface area contributed by atoms with Gasteiger partial charge in [-0.3, -0.25) is 14.4 Å². The minimum Gasteiger partial charge on any atom is -0.481 e. The molecular formula is C23H22NO3P. The highest BCUT2D eigenvalue weighted by atomic mass is 31.2. The summed E-state index contributed by atoms with van der Waals surface area (Å²) in [6, 6.07) is 28.2. The van der Waals surface area contributed by atoms with Crippen LogP contribution in [0.3, 0.4) is 0 Å². The fraction of sp³-hybridized carbons (Fsp3) is 0.174. The Kier molecular flexibility index (Phi) is 5.17. The van der Waals surface area contributed by atoms with Crippen molar-refractivity contribution in [2.24, 2.45) is 11.8 Å². The van der Waals surface area contributed by atoms with Gasteiger partial charge in [0, 0.05) is 16.7 Å². The summed E-state index contributed by atoms with van der Waals surface area (Å²) in [5.41, 5.74) is 0.961. The van der Waals surface area contributed by atoms with Crippen molar-refractivity contribution in [1.29, 1.82) is 0 Å². The molecule has 0 heterocycles. The van der Waals surface area contributed by atoms with Gasteiger partial charge in [0.2, 0.25) is 7.29 Å². The number of carboxylic acids is 1. The molecule has 142 valence electrons. The van der Waals surface area contributed by atoms with Gasteiger partial charge in [0.15, 0.2) is 0 Å². The van der Waals surface area contributed by atoms with Crippen molar-refractivity contribution in [2.45, 2.75) is 12.5 Å². The van der Waals surface area contributed by atoms with Crippen molar-refractivity contribution in [2.75, 3.05) is 0 Å². The lowest BCUT2D eigenvalue weighted by Crippen LogP contribution is -2.32. The minimum atomic E-state index is -3.16. The predicted molar refractivity (Wildman–Crippen MR) is 111 cm³/mol. The Hall–Kier alpha value is -2.68. The molecule has 4 rings (SSSR count). The van der Waals surface area contributed by atoms with Crippen LogP contribution in [0.4, 0.5) is 0 Å². The van der Waals surface area contributed by atoms with E-state index < -0.39 is 19.2 Å².